The number of amides is 1. The third-order valence-corrected chi connectivity index (χ3v) is 6.48. The molecule has 0 fully saturated rings. The van der Waals surface area contributed by atoms with E-state index in [4.69, 9.17) is 0 Å². The van der Waals surface area contributed by atoms with Gasteiger partial charge in [0.1, 0.15) is 0 Å². The molecule has 0 aliphatic rings. The van der Waals surface area contributed by atoms with Gasteiger partial charge < -0.3 is 20.6 Å². The van der Waals surface area contributed by atoms with E-state index in [-0.39, 0.29) is 18.9 Å². The fraction of sp³-hybridized carbons (Fsp3) is 0.833. The van der Waals surface area contributed by atoms with Crippen LogP contribution in [0.2, 0.25) is 0 Å². The highest BCUT2D eigenvalue weighted by atomic mass is 16.3. The number of rotatable bonds is 25. The second kappa shape index (κ2) is 25.9. The first-order valence-electron chi connectivity index (χ1n) is 14.6. The predicted molar refractivity (Wildman–Crippen MR) is 148 cm³/mol. The van der Waals surface area contributed by atoms with Crippen LogP contribution >= 0.6 is 0 Å². The second-order valence-electron chi connectivity index (χ2n) is 10.0. The average molecular weight is 496 g/mol. The standard InChI is InChI=1S/C30H57NO4/c1-3-5-7-9-11-13-14-16-18-20-22-24-29(34)28(26-32)31-30(35)25-27(33)23-21-19-17-15-12-10-8-6-4-2/h10,12,22,24,27-29,32-34H,3-9,11,13-21,23,25-26H2,1-2H3,(H,31,35)/b12-10-,24-22+. The molecular weight excluding hydrogens is 438 g/mol. The maximum atomic E-state index is 12.2. The van der Waals surface area contributed by atoms with Crippen LogP contribution in [0.25, 0.3) is 0 Å². The zero-order valence-corrected chi connectivity index (χ0v) is 22.9. The fourth-order valence-electron chi connectivity index (χ4n) is 4.14. The van der Waals surface area contributed by atoms with Crippen molar-refractivity contribution < 1.29 is 20.1 Å². The van der Waals surface area contributed by atoms with Crippen LogP contribution in [0.3, 0.4) is 0 Å². The van der Waals surface area contributed by atoms with Gasteiger partial charge in [0.15, 0.2) is 0 Å². The summed E-state index contributed by atoms with van der Waals surface area (Å²) in [5.41, 5.74) is 0. The fourth-order valence-corrected chi connectivity index (χ4v) is 4.14. The summed E-state index contributed by atoms with van der Waals surface area (Å²) in [7, 11) is 0. The van der Waals surface area contributed by atoms with E-state index in [1.165, 1.54) is 64.2 Å². The van der Waals surface area contributed by atoms with E-state index in [1.54, 1.807) is 6.08 Å². The Kier molecular flexibility index (Phi) is 25.0. The SMILES string of the molecule is CCCC/C=C\CCCCCC(O)CC(=O)NC(CO)C(O)/C=C/CCCCCCCCCCC. The van der Waals surface area contributed by atoms with Crippen LogP contribution in [0.5, 0.6) is 0 Å². The molecule has 0 aromatic rings. The minimum absolute atomic E-state index is 0.00228. The molecule has 0 saturated carbocycles. The molecule has 5 nitrogen and oxygen atoms in total. The van der Waals surface area contributed by atoms with Crippen LogP contribution in [-0.2, 0) is 4.79 Å². The van der Waals surface area contributed by atoms with Gasteiger partial charge in [-0.1, -0.05) is 115 Å². The Morgan fingerprint density at radius 1 is 0.714 bits per heavy atom. The summed E-state index contributed by atoms with van der Waals surface area (Å²) in [4.78, 5) is 12.2. The molecule has 0 spiro atoms. The molecule has 4 N–H and O–H groups in total. The van der Waals surface area contributed by atoms with Crippen molar-refractivity contribution in [3.05, 3.63) is 24.3 Å². The Labute approximate surface area is 216 Å². The predicted octanol–water partition coefficient (Wildman–Crippen LogP) is 6.75. The summed E-state index contributed by atoms with van der Waals surface area (Å²) in [6.45, 7) is 4.10. The van der Waals surface area contributed by atoms with Gasteiger partial charge in [0.25, 0.3) is 0 Å². The quantitative estimate of drug-likeness (QED) is 0.0833. The van der Waals surface area contributed by atoms with Crippen LogP contribution in [-0.4, -0.2) is 46.1 Å². The molecule has 0 aliphatic carbocycles. The average Bonchev–Trinajstić information content (AvgIpc) is 2.84. The molecule has 1 amide bonds. The van der Waals surface area contributed by atoms with Crippen molar-refractivity contribution in [3.8, 4) is 0 Å². The van der Waals surface area contributed by atoms with E-state index in [1.807, 2.05) is 6.08 Å². The summed E-state index contributed by atoms with van der Waals surface area (Å²) >= 11 is 0. The van der Waals surface area contributed by atoms with Crippen molar-refractivity contribution in [3.63, 3.8) is 0 Å². The van der Waals surface area contributed by atoms with Crippen molar-refractivity contribution in [2.75, 3.05) is 6.61 Å². The number of hydrogen-bond donors (Lipinski definition) is 4. The highest BCUT2D eigenvalue weighted by Crippen LogP contribution is 2.12. The second-order valence-corrected chi connectivity index (χ2v) is 10.0. The lowest BCUT2D eigenvalue weighted by atomic mass is 10.0. The molecule has 0 rings (SSSR count). The minimum Gasteiger partial charge on any atom is -0.394 e. The molecule has 3 unspecified atom stereocenters. The Morgan fingerprint density at radius 3 is 1.83 bits per heavy atom. The van der Waals surface area contributed by atoms with Crippen molar-refractivity contribution in [2.24, 2.45) is 0 Å². The van der Waals surface area contributed by atoms with Crippen LogP contribution in [0.4, 0.5) is 0 Å². The molecule has 0 heterocycles. The summed E-state index contributed by atoms with van der Waals surface area (Å²) < 4.78 is 0. The van der Waals surface area contributed by atoms with Gasteiger partial charge >= 0.3 is 0 Å². The Balaban J connectivity index is 3.88. The van der Waals surface area contributed by atoms with Crippen LogP contribution in [0.15, 0.2) is 24.3 Å². The Hall–Kier alpha value is -1.17. The molecule has 3 atom stereocenters. The maximum Gasteiger partial charge on any atom is 0.222 e. The van der Waals surface area contributed by atoms with Gasteiger partial charge in [-0.25, -0.2) is 0 Å². The number of nitrogens with one attached hydrogen (secondary N) is 1. The van der Waals surface area contributed by atoms with E-state index < -0.39 is 18.2 Å². The minimum atomic E-state index is -0.926. The molecule has 35 heavy (non-hydrogen) atoms. The van der Waals surface area contributed by atoms with Gasteiger partial charge in [-0.05, 0) is 38.5 Å². The van der Waals surface area contributed by atoms with Gasteiger partial charge in [-0.15, -0.1) is 0 Å². The first-order chi connectivity index (χ1) is 17.0. The molecule has 0 bridgehead atoms. The molecule has 0 radical (unpaired) electrons. The molecule has 0 aliphatic heterocycles. The largest absolute Gasteiger partial charge is 0.394 e. The number of hydrogen-bond acceptors (Lipinski definition) is 4. The summed E-state index contributed by atoms with van der Waals surface area (Å²) in [5.74, 6) is -0.332. The molecule has 206 valence electrons. The Morgan fingerprint density at radius 2 is 1.23 bits per heavy atom. The van der Waals surface area contributed by atoms with Crippen LogP contribution < -0.4 is 5.32 Å². The number of carbonyl (C=O) groups excluding carboxylic acids is 1. The van der Waals surface area contributed by atoms with E-state index >= 15 is 0 Å². The van der Waals surface area contributed by atoms with Crippen molar-refractivity contribution in [1.29, 1.82) is 0 Å². The lowest BCUT2D eigenvalue weighted by molar-refractivity contribution is -0.124. The van der Waals surface area contributed by atoms with Gasteiger partial charge in [0.05, 0.1) is 31.3 Å². The van der Waals surface area contributed by atoms with Gasteiger partial charge in [-0.3, -0.25) is 4.79 Å². The van der Waals surface area contributed by atoms with Crippen molar-refractivity contribution in [2.45, 2.75) is 154 Å². The third-order valence-electron chi connectivity index (χ3n) is 6.48. The summed E-state index contributed by atoms with van der Waals surface area (Å²) in [6, 6.07) is -0.742. The zero-order chi connectivity index (χ0) is 26.0. The van der Waals surface area contributed by atoms with Gasteiger partial charge in [0.2, 0.25) is 5.91 Å². The zero-order valence-electron chi connectivity index (χ0n) is 22.9. The van der Waals surface area contributed by atoms with E-state index in [0.717, 1.165) is 44.9 Å². The summed E-state index contributed by atoms with van der Waals surface area (Å²) in [5, 5.41) is 32.7. The van der Waals surface area contributed by atoms with Crippen molar-refractivity contribution >= 4 is 5.91 Å². The monoisotopic (exact) mass is 495 g/mol. The third kappa shape index (κ3) is 23.0. The smallest absolute Gasteiger partial charge is 0.222 e. The molecular formula is C30H57NO4. The van der Waals surface area contributed by atoms with Crippen molar-refractivity contribution in [1.82, 2.24) is 5.32 Å². The maximum absolute atomic E-state index is 12.2. The molecule has 0 saturated heterocycles. The number of unbranched alkanes of at least 4 members (excludes halogenated alkanes) is 14. The van der Waals surface area contributed by atoms with Gasteiger partial charge in [0, 0.05) is 0 Å². The first-order valence-corrected chi connectivity index (χ1v) is 14.6. The number of aliphatic hydroxyl groups is 3. The summed E-state index contributed by atoms with van der Waals surface area (Å²) in [6.07, 6.45) is 27.2. The molecule has 0 aromatic carbocycles. The topological polar surface area (TPSA) is 89.8 Å². The highest BCUT2D eigenvalue weighted by molar-refractivity contribution is 5.76. The normalized spacial score (nSPS) is 14.5. The first kappa shape index (κ1) is 33.8. The Bertz CT molecular complexity index is 520. The van der Waals surface area contributed by atoms with E-state index in [9.17, 15) is 20.1 Å². The van der Waals surface area contributed by atoms with Crippen LogP contribution in [0.1, 0.15) is 136 Å². The van der Waals surface area contributed by atoms with E-state index in [2.05, 4.69) is 31.3 Å². The van der Waals surface area contributed by atoms with E-state index in [0.29, 0.717) is 6.42 Å². The highest BCUT2D eigenvalue weighted by Gasteiger charge is 2.19. The molecule has 0 aromatic heterocycles. The number of allylic oxidation sites excluding steroid dienone is 3. The van der Waals surface area contributed by atoms with Crippen LogP contribution in [0, 0.1) is 0 Å². The van der Waals surface area contributed by atoms with Gasteiger partial charge in [-0.2, -0.15) is 0 Å². The molecule has 5 heteroatoms. The number of carbonyl (C=O) groups is 1. The lowest BCUT2D eigenvalue weighted by Gasteiger charge is -2.21. The number of aliphatic hydroxyl groups excluding tert-OH is 3. The lowest BCUT2D eigenvalue weighted by Crippen LogP contribution is -2.45.